The first-order chi connectivity index (χ1) is 10.9. The van der Waals surface area contributed by atoms with Gasteiger partial charge in [-0.15, -0.1) is 0 Å². The zero-order valence-corrected chi connectivity index (χ0v) is 12.3. The minimum atomic E-state index is 0.916. The Bertz CT molecular complexity index is 889. The Kier molecular flexibility index (Phi) is 3.24. The van der Waals surface area contributed by atoms with Gasteiger partial charge in [-0.05, 0) is 17.2 Å². The molecular weight excluding hydrogens is 266 g/mol. The Labute approximate surface area is 130 Å². The lowest BCUT2D eigenvalue weighted by Gasteiger charge is -2.06. The average molecular weight is 283 g/mol. The second kappa shape index (κ2) is 5.53. The Morgan fingerprint density at radius 2 is 1.27 bits per heavy atom. The molecule has 1 N–H and O–H groups in total. The smallest absolute Gasteiger partial charge is 0.0462 e. The van der Waals surface area contributed by atoms with Gasteiger partial charge in [0.1, 0.15) is 0 Å². The predicted molar refractivity (Wildman–Crippen MR) is 93.0 cm³/mol. The standard InChI is InChI=1S/C21H17N/c1-3-9-16(10-4-1)15-20-21(17-11-5-2-6-12-17)18-13-7-8-14-19(18)22-20/h1-14,22H,15H2. The fourth-order valence-corrected chi connectivity index (χ4v) is 3.06. The van der Waals surface area contributed by atoms with E-state index in [9.17, 15) is 0 Å². The van der Waals surface area contributed by atoms with Crippen LogP contribution >= 0.6 is 0 Å². The van der Waals surface area contributed by atoms with Crippen molar-refractivity contribution < 1.29 is 0 Å². The number of hydrogen-bond donors (Lipinski definition) is 1. The van der Waals surface area contributed by atoms with Crippen LogP contribution in [0, 0.1) is 0 Å². The molecule has 0 atom stereocenters. The van der Waals surface area contributed by atoms with Gasteiger partial charge in [0.25, 0.3) is 0 Å². The zero-order chi connectivity index (χ0) is 14.8. The van der Waals surface area contributed by atoms with E-state index in [1.807, 2.05) is 0 Å². The lowest BCUT2D eigenvalue weighted by Crippen LogP contribution is -1.91. The van der Waals surface area contributed by atoms with Gasteiger partial charge in [-0.25, -0.2) is 0 Å². The fraction of sp³-hybridized carbons (Fsp3) is 0.0476. The molecule has 3 aromatic carbocycles. The van der Waals surface area contributed by atoms with Crippen LogP contribution in [0.3, 0.4) is 0 Å². The highest BCUT2D eigenvalue weighted by Gasteiger charge is 2.13. The maximum absolute atomic E-state index is 3.61. The summed E-state index contributed by atoms with van der Waals surface area (Å²) in [5.74, 6) is 0. The molecule has 0 aliphatic rings. The van der Waals surface area contributed by atoms with E-state index in [2.05, 4.69) is 89.9 Å². The molecule has 0 spiro atoms. The van der Waals surface area contributed by atoms with E-state index in [-0.39, 0.29) is 0 Å². The van der Waals surface area contributed by atoms with Gasteiger partial charge >= 0.3 is 0 Å². The van der Waals surface area contributed by atoms with Gasteiger partial charge < -0.3 is 4.98 Å². The second-order valence-electron chi connectivity index (χ2n) is 5.55. The number of benzene rings is 3. The molecule has 1 nitrogen and oxygen atoms in total. The first-order valence-electron chi connectivity index (χ1n) is 7.61. The summed E-state index contributed by atoms with van der Waals surface area (Å²) in [5, 5.41) is 1.29. The van der Waals surface area contributed by atoms with Gasteiger partial charge in [0.2, 0.25) is 0 Å². The summed E-state index contributed by atoms with van der Waals surface area (Å²) in [7, 11) is 0. The van der Waals surface area contributed by atoms with Crippen molar-refractivity contribution in [3.63, 3.8) is 0 Å². The molecule has 4 rings (SSSR count). The van der Waals surface area contributed by atoms with E-state index in [0.29, 0.717) is 0 Å². The molecule has 0 unspecified atom stereocenters. The van der Waals surface area contributed by atoms with Gasteiger partial charge in [0.15, 0.2) is 0 Å². The molecule has 0 aliphatic carbocycles. The normalized spacial score (nSPS) is 10.9. The lowest BCUT2D eigenvalue weighted by atomic mass is 9.98. The van der Waals surface area contributed by atoms with E-state index in [4.69, 9.17) is 0 Å². The second-order valence-corrected chi connectivity index (χ2v) is 5.55. The molecule has 1 heteroatoms. The van der Waals surface area contributed by atoms with Gasteiger partial charge in [-0.1, -0.05) is 78.9 Å². The van der Waals surface area contributed by atoms with E-state index in [1.54, 1.807) is 0 Å². The summed E-state index contributed by atoms with van der Waals surface area (Å²) in [4.78, 5) is 3.61. The minimum Gasteiger partial charge on any atom is -0.358 e. The summed E-state index contributed by atoms with van der Waals surface area (Å²) in [6.45, 7) is 0. The Balaban J connectivity index is 1.90. The third-order valence-corrected chi connectivity index (χ3v) is 4.07. The molecule has 22 heavy (non-hydrogen) atoms. The Morgan fingerprint density at radius 1 is 0.636 bits per heavy atom. The maximum Gasteiger partial charge on any atom is 0.0462 e. The number of aromatic nitrogens is 1. The van der Waals surface area contributed by atoms with Crippen LogP contribution in [-0.4, -0.2) is 4.98 Å². The highest BCUT2D eigenvalue weighted by molar-refractivity contribution is 5.97. The lowest BCUT2D eigenvalue weighted by molar-refractivity contribution is 1.12. The number of aromatic amines is 1. The molecule has 0 radical (unpaired) electrons. The number of nitrogens with one attached hydrogen (secondary N) is 1. The number of fused-ring (bicyclic) bond motifs is 1. The highest BCUT2D eigenvalue weighted by Crippen LogP contribution is 2.33. The van der Waals surface area contributed by atoms with Crippen molar-refractivity contribution in [2.24, 2.45) is 0 Å². The van der Waals surface area contributed by atoms with Crippen molar-refractivity contribution in [1.82, 2.24) is 4.98 Å². The van der Waals surface area contributed by atoms with Crippen molar-refractivity contribution in [1.29, 1.82) is 0 Å². The minimum absolute atomic E-state index is 0.916. The molecule has 0 bridgehead atoms. The number of rotatable bonds is 3. The summed E-state index contributed by atoms with van der Waals surface area (Å²) in [6.07, 6.45) is 0.916. The van der Waals surface area contributed by atoms with Crippen LogP contribution in [0.5, 0.6) is 0 Å². The van der Waals surface area contributed by atoms with Crippen molar-refractivity contribution in [2.45, 2.75) is 6.42 Å². The van der Waals surface area contributed by atoms with Crippen molar-refractivity contribution in [2.75, 3.05) is 0 Å². The van der Waals surface area contributed by atoms with Crippen LogP contribution in [0.4, 0.5) is 0 Å². The molecule has 4 aromatic rings. The van der Waals surface area contributed by atoms with Gasteiger partial charge in [0, 0.05) is 28.6 Å². The molecule has 1 heterocycles. The van der Waals surface area contributed by atoms with E-state index in [1.165, 1.54) is 33.3 Å². The Hall–Kier alpha value is -2.80. The van der Waals surface area contributed by atoms with Gasteiger partial charge in [-0.2, -0.15) is 0 Å². The topological polar surface area (TPSA) is 15.8 Å². The van der Waals surface area contributed by atoms with E-state index in [0.717, 1.165) is 6.42 Å². The van der Waals surface area contributed by atoms with Gasteiger partial charge in [0.05, 0.1) is 0 Å². The van der Waals surface area contributed by atoms with E-state index < -0.39 is 0 Å². The highest BCUT2D eigenvalue weighted by atomic mass is 14.7. The summed E-state index contributed by atoms with van der Waals surface area (Å²) < 4.78 is 0. The molecule has 0 saturated heterocycles. The first kappa shape index (κ1) is 12.9. The van der Waals surface area contributed by atoms with Crippen LogP contribution in [0.15, 0.2) is 84.9 Å². The van der Waals surface area contributed by atoms with Crippen molar-refractivity contribution >= 4 is 10.9 Å². The summed E-state index contributed by atoms with van der Waals surface area (Å²) in [5.41, 5.74) is 6.39. The third kappa shape index (κ3) is 2.31. The number of hydrogen-bond acceptors (Lipinski definition) is 0. The van der Waals surface area contributed by atoms with Crippen LogP contribution in [0.1, 0.15) is 11.3 Å². The van der Waals surface area contributed by atoms with Crippen LogP contribution in [0.25, 0.3) is 22.0 Å². The van der Waals surface area contributed by atoms with Crippen LogP contribution < -0.4 is 0 Å². The number of H-pyrrole nitrogens is 1. The maximum atomic E-state index is 3.61. The quantitative estimate of drug-likeness (QED) is 0.516. The van der Waals surface area contributed by atoms with Crippen molar-refractivity contribution in [3.05, 3.63) is 96.2 Å². The first-order valence-corrected chi connectivity index (χ1v) is 7.61. The molecule has 0 aliphatic heterocycles. The predicted octanol–water partition coefficient (Wildman–Crippen LogP) is 5.43. The molecule has 106 valence electrons. The van der Waals surface area contributed by atoms with Crippen LogP contribution in [0.2, 0.25) is 0 Å². The third-order valence-electron chi connectivity index (χ3n) is 4.07. The molecule has 1 aromatic heterocycles. The molecular formula is C21H17N. The molecule has 0 amide bonds. The molecule has 0 fully saturated rings. The monoisotopic (exact) mass is 283 g/mol. The van der Waals surface area contributed by atoms with Crippen molar-refractivity contribution in [3.8, 4) is 11.1 Å². The number of para-hydroxylation sites is 1. The SMILES string of the molecule is c1ccc(Cc2[nH]c3ccccc3c2-c2ccccc2)cc1. The van der Waals surface area contributed by atoms with Crippen LogP contribution in [-0.2, 0) is 6.42 Å². The average Bonchev–Trinajstić information content (AvgIpc) is 2.94. The largest absolute Gasteiger partial charge is 0.358 e. The summed E-state index contributed by atoms with van der Waals surface area (Å²) in [6, 6.07) is 29.8. The van der Waals surface area contributed by atoms with Gasteiger partial charge in [-0.3, -0.25) is 0 Å². The summed E-state index contributed by atoms with van der Waals surface area (Å²) >= 11 is 0. The zero-order valence-electron chi connectivity index (χ0n) is 12.3. The fourth-order valence-electron chi connectivity index (χ4n) is 3.06. The molecule has 0 saturated carbocycles. The Morgan fingerprint density at radius 3 is 2.05 bits per heavy atom. The van der Waals surface area contributed by atoms with E-state index >= 15 is 0 Å².